The van der Waals surface area contributed by atoms with E-state index in [9.17, 15) is 4.79 Å². The van der Waals surface area contributed by atoms with E-state index in [1.54, 1.807) is 0 Å². The Morgan fingerprint density at radius 1 is 1.32 bits per heavy atom. The average Bonchev–Trinajstić information content (AvgIpc) is 3.19. The zero-order valence-corrected chi connectivity index (χ0v) is 17.2. The van der Waals surface area contributed by atoms with E-state index in [1.807, 2.05) is 17.0 Å². The highest BCUT2D eigenvalue weighted by molar-refractivity contribution is 5.86. The fourth-order valence-electron chi connectivity index (χ4n) is 4.98. The Hall–Kier alpha value is -2.41. The Morgan fingerprint density at radius 3 is 2.86 bits per heavy atom. The molecule has 1 atom stereocenters. The maximum absolute atomic E-state index is 13.2. The van der Waals surface area contributed by atoms with Crippen molar-refractivity contribution in [2.75, 3.05) is 12.3 Å². The number of fused-ring (bicyclic) bond motifs is 1. The molecular formula is C21H30N6O. The average molecular weight is 383 g/mol. The van der Waals surface area contributed by atoms with Crippen LogP contribution in [0.25, 0.3) is 11.0 Å². The number of likely N-dealkylation sites (tertiary alicyclic amines) is 1. The number of hydrogen-bond donors (Lipinski definition) is 3. The number of hydrogen-bond acceptors (Lipinski definition) is 5. The molecular weight excluding hydrogens is 352 g/mol. The minimum absolute atomic E-state index is 0.00918. The molecule has 1 saturated heterocycles. The zero-order chi connectivity index (χ0) is 20.1. The predicted octanol–water partition coefficient (Wildman–Crippen LogP) is 3.07. The molecule has 0 aromatic carbocycles. The van der Waals surface area contributed by atoms with Crippen LogP contribution in [0.5, 0.6) is 0 Å². The van der Waals surface area contributed by atoms with Crippen LogP contribution in [0.15, 0.2) is 23.8 Å². The smallest absolute Gasteiger partial charge is 0.227 e. The van der Waals surface area contributed by atoms with Gasteiger partial charge in [-0.05, 0) is 59.1 Å². The number of anilines is 1. The van der Waals surface area contributed by atoms with Gasteiger partial charge >= 0.3 is 0 Å². The standard InChI is InChI=1S/C21H30N6O/c1-20(2)11-13(12-21(3,4)26-20)10-17(28)27-9-5-6-16(27)15-8-7-14-18(22)24-25-19(14)23-15/h7-8,11,16,26H,5-6,9-10,12H2,1-4H3,(H3,22,23,24,25)/t16-/m1/s1. The quantitative estimate of drug-likeness (QED) is 0.709. The van der Waals surface area contributed by atoms with Crippen molar-refractivity contribution in [3.8, 4) is 0 Å². The molecule has 0 unspecified atom stereocenters. The normalized spacial score (nSPS) is 23.8. The number of aromatic nitrogens is 3. The summed E-state index contributed by atoms with van der Waals surface area (Å²) in [5.74, 6) is 0.710. The minimum Gasteiger partial charge on any atom is -0.384 e. The van der Waals surface area contributed by atoms with Crippen LogP contribution in [0.2, 0.25) is 0 Å². The number of carbonyl (C=O) groups is 1. The lowest BCUT2D eigenvalue weighted by Crippen LogP contribution is -2.54. The second-order valence-corrected chi connectivity index (χ2v) is 9.38. The summed E-state index contributed by atoms with van der Waals surface area (Å²) in [5, 5.41) is 11.4. The van der Waals surface area contributed by atoms with Crippen LogP contribution in [-0.2, 0) is 4.79 Å². The van der Waals surface area contributed by atoms with Crippen molar-refractivity contribution in [1.82, 2.24) is 25.4 Å². The van der Waals surface area contributed by atoms with Gasteiger partial charge in [-0.1, -0.05) is 11.6 Å². The fraction of sp³-hybridized carbons (Fsp3) is 0.571. The molecule has 4 heterocycles. The van der Waals surface area contributed by atoms with Crippen LogP contribution in [-0.4, -0.2) is 43.6 Å². The Balaban J connectivity index is 1.54. The molecule has 4 rings (SSSR count). The molecule has 2 aromatic rings. The molecule has 1 amide bonds. The van der Waals surface area contributed by atoms with Gasteiger partial charge < -0.3 is 16.0 Å². The Bertz CT molecular complexity index is 942. The molecule has 2 aliphatic heterocycles. The summed E-state index contributed by atoms with van der Waals surface area (Å²) < 4.78 is 0. The van der Waals surface area contributed by atoms with Crippen molar-refractivity contribution in [3.05, 3.63) is 29.5 Å². The topological polar surface area (TPSA) is 99.9 Å². The number of H-pyrrole nitrogens is 1. The third-order valence-corrected chi connectivity index (χ3v) is 5.66. The van der Waals surface area contributed by atoms with E-state index in [1.165, 1.54) is 5.57 Å². The van der Waals surface area contributed by atoms with Crippen LogP contribution in [0.4, 0.5) is 5.82 Å². The van der Waals surface area contributed by atoms with Crippen LogP contribution in [0.3, 0.4) is 0 Å². The molecule has 2 aliphatic rings. The highest BCUT2D eigenvalue weighted by Gasteiger charge is 2.35. The van der Waals surface area contributed by atoms with E-state index >= 15 is 0 Å². The van der Waals surface area contributed by atoms with Crippen molar-refractivity contribution in [1.29, 1.82) is 0 Å². The molecule has 150 valence electrons. The van der Waals surface area contributed by atoms with E-state index in [2.05, 4.69) is 54.3 Å². The first-order chi connectivity index (χ1) is 13.1. The van der Waals surface area contributed by atoms with Crippen molar-refractivity contribution in [2.45, 2.75) is 70.5 Å². The molecule has 0 saturated carbocycles. The summed E-state index contributed by atoms with van der Waals surface area (Å²) in [6, 6.07) is 3.93. The van der Waals surface area contributed by atoms with Crippen molar-refractivity contribution < 1.29 is 4.79 Å². The molecule has 0 spiro atoms. The number of aromatic amines is 1. The van der Waals surface area contributed by atoms with Gasteiger partial charge in [-0.15, -0.1) is 0 Å². The second-order valence-electron chi connectivity index (χ2n) is 9.38. The number of nitrogens with two attached hydrogens (primary N) is 1. The highest BCUT2D eigenvalue weighted by Crippen LogP contribution is 2.35. The second kappa shape index (κ2) is 6.58. The third-order valence-electron chi connectivity index (χ3n) is 5.66. The molecule has 28 heavy (non-hydrogen) atoms. The van der Waals surface area contributed by atoms with E-state index in [4.69, 9.17) is 5.73 Å². The number of nitrogens with zero attached hydrogens (tertiary/aromatic N) is 3. The van der Waals surface area contributed by atoms with Gasteiger partial charge in [0.2, 0.25) is 5.91 Å². The minimum atomic E-state index is -0.103. The molecule has 0 bridgehead atoms. The van der Waals surface area contributed by atoms with E-state index in [-0.39, 0.29) is 23.0 Å². The van der Waals surface area contributed by atoms with Gasteiger partial charge in [0.15, 0.2) is 5.65 Å². The monoisotopic (exact) mass is 382 g/mol. The summed E-state index contributed by atoms with van der Waals surface area (Å²) in [7, 11) is 0. The number of amides is 1. The van der Waals surface area contributed by atoms with Gasteiger partial charge in [0.25, 0.3) is 0 Å². The van der Waals surface area contributed by atoms with E-state index in [0.717, 1.165) is 36.9 Å². The number of rotatable bonds is 3. The van der Waals surface area contributed by atoms with Crippen LogP contribution in [0.1, 0.15) is 65.1 Å². The lowest BCUT2D eigenvalue weighted by molar-refractivity contribution is -0.131. The Morgan fingerprint density at radius 2 is 2.11 bits per heavy atom. The number of nitrogens with one attached hydrogen (secondary N) is 2. The molecule has 0 aliphatic carbocycles. The maximum atomic E-state index is 13.2. The third kappa shape index (κ3) is 3.63. The Labute approximate surface area is 165 Å². The Kier molecular flexibility index (Phi) is 4.45. The summed E-state index contributed by atoms with van der Waals surface area (Å²) in [4.78, 5) is 19.8. The largest absolute Gasteiger partial charge is 0.384 e. The molecule has 7 nitrogen and oxygen atoms in total. The molecule has 1 fully saturated rings. The predicted molar refractivity (Wildman–Crippen MR) is 111 cm³/mol. The van der Waals surface area contributed by atoms with Crippen molar-refractivity contribution >= 4 is 22.8 Å². The molecule has 4 N–H and O–H groups in total. The van der Waals surface area contributed by atoms with Crippen molar-refractivity contribution in [2.24, 2.45) is 0 Å². The van der Waals surface area contributed by atoms with E-state index in [0.29, 0.717) is 17.9 Å². The van der Waals surface area contributed by atoms with Crippen LogP contribution < -0.4 is 11.1 Å². The maximum Gasteiger partial charge on any atom is 0.227 e. The van der Waals surface area contributed by atoms with Gasteiger partial charge in [0, 0.05) is 24.0 Å². The number of carbonyl (C=O) groups excluding carboxylic acids is 1. The highest BCUT2D eigenvalue weighted by atomic mass is 16.2. The molecule has 7 heteroatoms. The zero-order valence-electron chi connectivity index (χ0n) is 17.2. The number of pyridine rings is 1. The van der Waals surface area contributed by atoms with Gasteiger partial charge in [0.1, 0.15) is 5.82 Å². The van der Waals surface area contributed by atoms with Gasteiger partial charge in [-0.3, -0.25) is 9.89 Å². The van der Waals surface area contributed by atoms with Gasteiger partial charge in [-0.25, -0.2) is 4.98 Å². The molecule has 0 radical (unpaired) electrons. The summed E-state index contributed by atoms with van der Waals surface area (Å²) in [6.45, 7) is 9.49. The SMILES string of the molecule is CC1(C)C=C(CC(=O)N2CCC[C@@H]2c2ccc3c(N)[nH]nc3n2)CC(C)(C)N1. The van der Waals surface area contributed by atoms with Crippen LogP contribution >= 0.6 is 0 Å². The first-order valence-electron chi connectivity index (χ1n) is 10.0. The van der Waals surface area contributed by atoms with E-state index < -0.39 is 0 Å². The lowest BCUT2D eigenvalue weighted by Gasteiger charge is -2.41. The summed E-state index contributed by atoms with van der Waals surface area (Å²) in [5.41, 5.74) is 8.48. The summed E-state index contributed by atoms with van der Waals surface area (Å²) in [6.07, 6.45) is 5.51. The first-order valence-corrected chi connectivity index (χ1v) is 10.0. The first kappa shape index (κ1) is 18.9. The lowest BCUT2D eigenvalue weighted by atomic mass is 9.82. The number of nitrogen functional groups attached to an aromatic ring is 1. The van der Waals surface area contributed by atoms with Crippen molar-refractivity contribution in [3.63, 3.8) is 0 Å². The molecule has 2 aromatic heterocycles. The van der Waals surface area contributed by atoms with Gasteiger partial charge in [0.05, 0.1) is 17.1 Å². The summed E-state index contributed by atoms with van der Waals surface area (Å²) >= 11 is 0. The van der Waals surface area contributed by atoms with Crippen LogP contribution in [0, 0.1) is 0 Å². The fourth-order valence-corrected chi connectivity index (χ4v) is 4.98. The van der Waals surface area contributed by atoms with Gasteiger partial charge in [-0.2, -0.15) is 5.10 Å².